The standard InChI is InChI=1S/C15H23NO3S/c1-12-5-6-13(2)14(9-12)20(18,19)16-10-15(11-17)7-3-4-8-15/h5-6,9,16-17H,3-4,7-8,10-11H2,1-2H3. The Kier molecular flexibility index (Phi) is 4.52. The summed E-state index contributed by atoms with van der Waals surface area (Å²) in [5.41, 5.74) is 1.39. The highest BCUT2D eigenvalue weighted by Gasteiger charge is 2.34. The Balaban J connectivity index is 2.17. The lowest BCUT2D eigenvalue weighted by molar-refractivity contribution is 0.134. The first kappa shape index (κ1) is 15.5. The average molecular weight is 297 g/mol. The summed E-state index contributed by atoms with van der Waals surface area (Å²) in [7, 11) is -3.51. The second-order valence-corrected chi connectivity index (χ2v) is 7.69. The van der Waals surface area contributed by atoms with E-state index in [9.17, 15) is 13.5 Å². The molecule has 0 radical (unpaired) electrons. The summed E-state index contributed by atoms with van der Waals surface area (Å²) < 4.78 is 27.5. The third kappa shape index (κ3) is 3.22. The molecule has 0 aromatic heterocycles. The summed E-state index contributed by atoms with van der Waals surface area (Å²) in [6, 6.07) is 5.42. The van der Waals surface area contributed by atoms with Gasteiger partial charge in [0.15, 0.2) is 0 Å². The molecule has 2 N–H and O–H groups in total. The van der Waals surface area contributed by atoms with Crippen LogP contribution >= 0.6 is 0 Å². The van der Waals surface area contributed by atoms with E-state index in [4.69, 9.17) is 0 Å². The molecule has 2 rings (SSSR count). The van der Waals surface area contributed by atoms with Gasteiger partial charge in [-0.05, 0) is 43.9 Å². The van der Waals surface area contributed by atoms with Crippen molar-refractivity contribution >= 4 is 10.0 Å². The van der Waals surface area contributed by atoms with Crippen molar-refractivity contribution < 1.29 is 13.5 Å². The lowest BCUT2D eigenvalue weighted by atomic mass is 9.88. The van der Waals surface area contributed by atoms with Crippen LogP contribution < -0.4 is 4.72 Å². The molecule has 1 aromatic rings. The van der Waals surface area contributed by atoms with Gasteiger partial charge in [-0.1, -0.05) is 25.0 Å². The molecule has 0 amide bonds. The molecular weight excluding hydrogens is 274 g/mol. The minimum atomic E-state index is -3.51. The van der Waals surface area contributed by atoms with Crippen LogP contribution in [0.3, 0.4) is 0 Å². The maximum Gasteiger partial charge on any atom is 0.240 e. The number of hydrogen-bond acceptors (Lipinski definition) is 3. The Hall–Kier alpha value is -0.910. The maximum absolute atomic E-state index is 12.4. The highest BCUT2D eigenvalue weighted by Crippen LogP contribution is 2.37. The van der Waals surface area contributed by atoms with E-state index in [1.807, 2.05) is 19.1 Å². The van der Waals surface area contributed by atoms with Gasteiger partial charge < -0.3 is 5.11 Å². The van der Waals surface area contributed by atoms with Gasteiger partial charge in [0, 0.05) is 18.6 Å². The quantitative estimate of drug-likeness (QED) is 0.875. The van der Waals surface area contributed by atoms with Crippen molar-refractivity contribution in [3.8, 4) is 0 Å². The normalized spacial score (nSPS) is 18.4. The zero-order chi connectivity index (χ0) is 14.8. The van der Waals surface area contributed by atoms with Gasteiger partial charge in [0.1, 0.15) is 0 Å². The fraction of sp³-hybridized carbons (Fsp3) is 0.600. The van der Waals surface area contributed by atoms with Crippen molar-refractivity contribution in [1.29, 1.82) is 0 Å². The number of nitrogens with one attached hydrogen (secondary N) is 1. The van der Waals surface area contributed by atoms with E-state index in [0.717, 1.165) is 36.8 Å². The second-order valence-electron chi connectivity index (χ2n) is 5.96. The molecular formula is C15H23NO3S. The monoisotopic (exact) mass is 297 g/mol. The second kappa shape index (κ2) is 5.84. The van der Waals surface area contributed by atoms with Crippen LogP contribution in [0.15, 0.2) is 23.1 Å². The third-order valence-corrected chi connectivity index (χ3v) is 5.81. The van der Waals surface area contributed by atoms with Crippen LogP contribution in [0.25, 0.3) is 0 Å². The SMILES string of the molecule is Cc1ccc(C)c(S(=O)(=O)NCC2(CO)CCCC2)c1. The summed E-state index contributed by atoms with van der Waals surface area (Å²) in [6.07, 6.45) is 3.90. The molecule has 4 nitrogen and oxygen atoms in total. The van der Waals surface area contributed by atoms with Gasteiger partial charge >= 0.3 is 0 Å². The van der Waals surface area contributed by atoms with Crippen LogP contribution in [-0.2, 0) is 10.0 Å². The molecule has 20 heavy (non-hydrogen) atoms. The summed E-state index contributed by atoms with van der Waals surface area (Å²) in [5, 5.41) is 9.55. The number of benzene rings is 1. The van der Waals surface area contributed by atoms with Crippen molar-refractivity contribution in [3.63, 3.8) is 0 Å². The number of sulfonamides is 1. The third-order valence-electron chi connectivity index (χ3n) is 4.27. The Morgan fingerprint density at radius 1 is 1.25 bits per heavy atom. The van der Waals surface area contributed by atoms with E-state index in [-0.39, 0.29) is 12.0 Å². The van der Waals surface area contributed by atoms with Gasteiger partial charge in [-0.3, -0.25) is 0 Å². The summed E-state index contributed by atoms with van der Waals surface area (Å²) in [4.78, 5) is 0.337. The fourth-order valence-corrected chi connectivity index (χ4v) is 4.32. The molecule has 0 unspecified atom stereocenters. The van der Waals surface area contributed by atoms with Crippen molar-refractivity contribution in [2.75, 3.05) is 13.2 Å². The van der Waals surface area contributed by atoms with Crippen LogP contribution in [0.5, 0.6) is 0 Å². The van der Waals surface area contributed by atoms with Crippen molar-refractivity contribution in [3.05, 3.63) is 29.3 Å². The largest absolute Gasteiger partial charge is 0.396 e. The zero-order valence-corrected chi connectivity index (χ0v) is 13.0. The first-order chi connectivity index (χ1) is 9.38. The first-order valence-electron chi connectivity index (χ1n) is 7.06. The van der Waals surface area contributed by atoms with E-state index < -0.39 is 10.0 Å². The molecule has 0 aliphatic heterocycles. The zero-order valence-electron chi connectivity index (χ0n) is 12.1. The van der Waals surface area contributed by atoms with E-state index >= 15 is 0 Å². The Morgan fingerprint density at radius 2 is 1.90 bits per heavy atom. The van der Waals surface area contributed by atoms with Crippen LogP contribution in [-0.4, -0.2) is 26.7 Å². The summed E-state index contributed by atoms with van der Waals surface area (Å²) >= 11 is 0. The van der Waals surface area contributed by atoms with Crippen LogP contribution in [0.4, 0.5) is 0 Å². The summed E-state index contributed by atoms with van der Waals surface area (Å²) in [5.74, 6) is 0. The lowest BCUT2D eigenvalue weighted by Crippen LogP contribution is -2.38. The number of aryl methyl sites for hydroxylation is 2. The molecule has 5 heteroatoms. The van der Waals surface area contributed by atoms with Crippen LogP contribution in [0.2, 0.25) is 0 Å². The van der Waals surface area contributed by atoms with Crippen LogP contribution in [0.1, 0.15) is 36.8 Å². The molecule has 0 spiro atoms. The minimum Gasteiger partial charge on any atom is -0.396 e. The molecule has 112 valence electrons. The number of hydrogen-bond donors (Lipinski definition) is 2. The van der Waals surface area contributed by atoms with E-state index in [1.165, 1.54) is 0 Å². The van der Waals surface area contributed by atoms with Crippen molar-refractivity contribution in [2.45, 2.75) is 44.4 Å². The Morgan fingerprint density at radius 3 is 2.50 bits per heavy atom. The molecule has 1 aliphatic rings. The predicted molar refractivity (Wildman–Crippen MR) is 79.1 cm³/mol. The van der Waals surface area contributed by atoms with Gasteiger partial charge in [0.05, 0.1) is 4.90 Å². The van der Waals surface area contributed by atoms with Gasteiger partial charge in [-0.2, -0.15) is 0 Å². The molecule has 1 fully saturated rings. The molecule has 1 saturated carbocycles. The smallest absolute Gasteiger partial charge is 0.240 e. The molecule has 0 heterocycles. The Bertz CT molecular complexity index is 575. The number of aliphatic hydroxyl groups is 1. The highest BCUT2D eigenvalue weighted by molar-refractivity contribution is 7.89. The highest BCUT2D eigenvalue weighted by atomic mass is 32.2. The van der Waals surface area contributed by atoms with E-state index in [1.54, 1.807) is 13.0 Å². The fourth-order valence-electron chi connectivity index (χ4n) is 2.84. The molecule has 1 aliphatic carbocycles. The van der Waals surface area contributed by atoms with E-state index in [2.05, 4.69) is 4.72 Å². The molecule has 1 aromatic carbocycles. The van der Waals surface area contributed by atoms with Crippen molar-refractivity contribution in [2.24, 2.45) is 5.41 Å². The summed E-state index contributed by atoms with van der Waals surface area (Å²) in [6.45, 7) is 4.04. The molecule has 0 saturated heterocycles. The van der Waals surface area contributed by atoms with Crippen molar-refractivity contribution in [1.82, 2.24) is 4.72 Å². The molecule has 0 bridgehead atoms. The van der Waals surface area contributed by atoms with Gasteiger partial charge in [-0.15, -0.1) is 0 Å². The Labute approximate surface area is 121 Å². The average Bonchev–Trinajstić information content (AvgIpc) is 2.89. The van der Waals surface area contributed by atoms with Gasteiger partial charge in [-0.25, -0.2) is 13.1 Å². The first-order valence-corrected chi connectivity index (χ1v) is 8.55. The van der Waals surface area contributed by atoms with Gasteiger partial charge in [0.25, 0.3) is 0 Å². The van der Waals surface area contributed by atoms with E-state index in [0.29, 0.717) is 11.4 Å². The molecule has 0 atom stereocenters. The number of aliphatic hydroxyl groups excluding tert-OH is 1. The lowest BCUT2D eigenvalue weighted by Gasteiger charge is -2.26. The van der Waals surface area contributed by atoms with Gasteiger partial charge in [0.2, 0.25) is 10.0 Å². The topological polar surface area (TPSA) is 66.4 Å². The maximum atomic E-state index is 12.4. The predicted octanol–water partition coefficient (Wildman–Crippen LogP) is 2.13. The number of rotatable bonds is 5. The minimum absolute atomic E-state index is 0.0440. The van der Waals surface area contributed by atoms with Crippen LogP contribution in [0, 0.1) is 19.3 Å².